The lowest BCUT2D eigenvalue weighted by Crippen LogP contribution is -2.02. The SMILES string of the molecule is Cc1c(Cl)cc(Cl)c(C)c1CN. The van der Waals surface area contributed by atoms with Crippen molar-refractivity contribution in [3.8, 4) is 0 Å². The largest absolute Gasteiger partial charge is 0.326 e. The van der Waals surface area contributed by atoms with Crippen LogP contribution < -0.4 is 5.73 Å². The first-order valence-electron chi connectivity index (χ1n) is 3.72. The third-order valence-electron chi connectivity index (χ3n) is 2.08. The molecule has 0 bridgehead atoms. The highest BCUT2D eigenvalue weighted by molar-refractivity contribution is 6.35. The van der Waals surface area contributed by atoms with E-state index in [9.17, 15) is 0 Å². The number of rotatable bonds is 1. The van der Waals surface area contributed by atoms with Crippen molar-refractivity contribution < 1.29 is 0 Å². The molecule has 1 aromatic carbocycles. The quantitative estimate of drug-likeness (QED) is 0.747. The van der Waals surface area contributed by atoms with Crippen LogP contribution in [0.2, 0.25) is 10.0 Å². The zero-order valence-electron chi connectivity index (χ0n) is 7.12. The van der Waals surface area contributed by atoms with E-state index in [0.717, 1.165) is 16.7 Å². The van der Waals surface area contributed by atoms with Gasteiger partial charge in [-0.25, -0.2) is 0 Å². The Balaban J connectivity index is 3.42. The van der Waals surface area contributed by atoms with E-state index >= 15 is 0 Å². The van der Waals surface area contributed by atoms with Crippen LogP contribution in [0.25, 0.3) is 0 Å². The molecule has 0 spiro atoms. The first-order valence-corrected chi connectivity index (χ1v) is 4.47. The van der Waals surface area contributed by atoms with Crippen molar-refractivity contribution in [3.05, 3.63) is 32.8 Å². The predicted octanol–water partition coefficient (Wildman–Crippen LogP) is 3.07. The van der Waals surface area contributed by atoms with Crippen LogP contribution in [-0.2, 0) is 6.54 Å². The Morgan fingerprint density at radius 3 is 1.92 bits per heavy atom. The molecular weight excluding hydrogens is 193 g/mol. The van der Waals surface area contributed by atoms with Gasteiger partial charge < -0.3 is 5.73 Å². The highest BCUT2D eigenvalue weighted by Gasteiger charge is 2.08. The standard InChI is InChI=1S/C9H11Cl2N/c1-5-7(4-12)6(2)9(11)3-8(5)10/h3H,4,12H2,1-2H3. The molecule has 0 fully saturated rings. The van der Waals surface area contributed by atoms with Crippen LogP contribution in [0.5, 0.6) is 0 Å². The number of benzene rings is 1. The van der Waals surface area contributed by atoms with Gasteiger partial charge in [-0.3, -0.25) is 0 Å². The molecule has 0 amide bonds. The molecule has 3 heteroatoms. The molecule has 1 aromatic rings. The minimum absolute atomic E-state index is 0.484. The molecule has 0 atom stereocenters. The Bertz CT molecular complexity index is 282. The third-order valence-corrected chi connectivity index (χ3v) is 2.86. The Hall–Kier alpha value is -0.240. The minimum Gasteiger partial charge on any atom is -0.326 e. The van der Waals surface area contributed by atoms with E-state index in [1.165, 1.54) is 0 Å². The average molecular weight is 204 g/mol. The van der Waals surface area contributed by atoms with E-state index in [4.69, 9.17) is 28.9 Å². The summed E-state index contributed by atoms with van der Waals surface area (Å²) in [6, 6.07) is 1.76. The molecule has 0 aromatic heterocycles. The molecule has 0 aliphatic carbocycles. The summed E-state index contributed by atoms with van der Waals surface area (Å²) in [6.07, 6.45) is 0. The van der Waals surface area contributed by atoms with Gasteiger partial charge in [0, 0.05) is 16.6 Å². The van der Waals surface area contributed by atoms with Crippen LogP contribution in [-0.4, -0.2) is 0 Å². The van der Waals surface area contributed by atoms with Crippen molar-refractivity contribution in [2.75, 3.05) is 0 Å². The maximum Gasteiger partial charge on any atom is 0.0453 e. The Morgan fingerprint density at radius 1 is 1.17 bits per heavy atom. The molecular formula is C9H11Cl2N. The van der Waals surface area contributed by atoms with Gasteiger partial charge in [0.2, 0.25) is 0 Å². The van der Waals surface area contributed by atoms with Gasteiger partial charge in [-0.05, 0) is 36.6 Å². The van der Waals surface area contributed by atoms with E-state index in [-0.39, 0.29) is 0 Å². The molecule has 66 valence electrons. The Morgan fingerprint density at radius 2 is 1.58 bits per heavy atom. The fourth-order valence-electron chi connectivity index (χ4n) is 1.20. The fraction of sp³-hybridized carbons (Fsp3) is 0.333. The van der Waals surface area contributed by atoms with Gasteiger partial charge in [-0.1, -0.05) is 23.2 Å². The maximum absolute atomic E-state index is 5.93. The number of halogens is 2. The minimum atomic E-state index is 0.484. The number of nitrogens with two attached hydrogens (primary N) is 1. The normalized spacial score (nSPS) is 10.4. The second-order valence-corrected chi connectivity index (χ2v) is 3.59. The smallest absolute Gasteiger partial charge is 0.0453 e. The maximum atomic E-state index is 5.93. The van der Waals surface area contributed by atoms with E-state index in [1.54, 1.807) is 6.07 Å². The molecule has 2 N–H and O–H groups in total. The lowest BCUT2D eigenvalue weighted by atomic mass is 10.0. The summed E-state index contributed by atoms with van der Waals surface area (Å²) < 4.78 is 0. The van der Waals surface area contributed by atoms with Gasteiger partial charge in [0.15, 0.2) is 0 Å². The van der Waals surface area contributed by atoms with Crippen molar-refractivity contribution in [1.82, 2.24) is 0 Å². The molecule has 0 radical (unpaired) electrons. The van der Waals surface area contributed by atoms with Crippen molar-refractivity contribution in [2.45, 2.75) is 20.4 Å². The molecule has 12 heavy (non-hydrogen) atoms. The van der Waals surface area contributed by atoms with Crippen molar-refractivity contribution >= 4 is 23.2 Å². The first kappa shape index (κ1) is 9.85. The highest BCUT2D eigenvalue weighted by Crippen LogP contribution is 2.28. The molecule has 1 nitrogen and oxygen atoms in total. The van der Waals surface area contributed by atoms with Crippen LogP contribution in [0.15, 0.2) is 6.07 Å². The molecule has 1 rings (SSSR count). The molecule has 0 saturated carbocycles. The van der Waals surface area contributed by atoms with E-state index in [1.807, 2.05) is 13.8 Å². The Kier molecular flexibility index (Phi) is 2.99. The fourth-order valence-corrected chi connectivity index (χ4v) is 1.71. The zero-order chi connectivity index (χ0) is 9.30. The van der Waals surface area contributed by atoms with Crippen LogP contribution >= 0.6 is 23.2 Å². The zero-order valence-corrected chi connectivity index (χ0v) is 8.63. The lowest BCUT2D eigenvalue weighted by Gasteiger charge is -2.10. The van der Waals surface area contributed by atoms with Gasteiger partial charge in [-0.15, -0.1) is 0 Å². The lowest BCUT2D eigenvalue weighted by molar-refractivity contribution is 1.03. The Labute approximate surface area is 82.5 Å². The molecule has 0 saturated heterocycles. The van der Waals surface area contributed by atoms with E-state index in [0.29, 0.717) is 16.6 Å². The average Bonchev–Trinajstić information content (AvgIpc) is 2.02. The number of hydrogen-bond donors (Lipinski definition) is 1. The summed E-state index contributed by atoms with van der Waals surface area (Å²) in [4.78, 5) is 0. The number of hydrogen-bond acceptors (Lipinski definition) is 1. The van der Waals surface area contributed by atoms with Crippen molar-refractivity contribution in [1.29, 1.82) is 0 Å². The van der Waals surface area contributed by atoms with Gasteiger partial charge >= 0.3 is 0 Å². The molecule has 0 aliphatic rings. The van der Waals surface area contributed by atoms with E-state index < -0.39 is 0 Å². The topological polar surface area (TPSA) is 26.0 Å². The summed E-state index contributed by atoms with van der Waals surface area (Å²) in [5.74, 6) is 0. The summed E-state index contributed by atoms with van der Waals surface area (Å²) in [5.41, 5.74) is 8.68. The van der Waals surface area contributed by atoms with E-state index in [2.05, 4.69) is 0 Å². The van der Waals surface area contributed by atoms with Crippen LogP contribution in [0.1, 0.15) is 16.7 Å². The van der Waals surface area contributed by atoms with Gasteiger partial charge in [0.1, 0.15) is 0 Å². The van der Waals surface area contributed by atoms with Crippen LogP contribution in [0, 0.1) is 13.8 Å². The third kappa shape index (κ3) is 1.58. The van der Waals surface area contributed by atoms with Crippen molar-refractivity contribution in [3.63, 3.8) is 0 Å². The summed E-state index contributed by atoms with van der Waals surface area (Å²) in [6.45, 7) is 4.39. The molecule has 0 aliphatic heterocycles. The first-order chi connectivity index (χ1) is 5.57. The van der Waals surface area contributed by atoms with Crippen molar-refractivity contribution in [2.24, 2.45) is 5.73 Å². The highest BCUT2D eigenvalue weighted by atomic mass is 35.5. The second kappa shape index (κ2) is 3.65. The molecule has 0 unspecified atom stereocenters. The second-order valence-electron chi connectivity index (χ2n) is 2.77. The van der Waals surface area contributed by atoms with Gasteiger partial charge in [0.25, 0.3) is 0 Å². The van der Waals surface area contributed by atoms with Gasteiger partial charge in [0.05, 0.1) is 0 Å². The summed E-state index contributed by atoms with van der Waals surface area (Å²) >= 11 is 11.9. The van der Waals surface area contributed by atoms with Crippen LogP contribution in [0.4, 0.5) is 0 Å². The molecule has 0 heterocycles. The summed E-state index contributed by atoms with van der Waals surface area (Å²) in [5, 5.41) is 1.37. The monoisotopic (exact) mass is 203 g/mol. The van der Waals surface area contributed by atoms with Gasteiger partial charge in [-0.2, -0.15) is 0 Å². The van der Waals surface area contributed by atoms with Crippen LogP contribution in [0.3, 0.4) is 0 Å². The predicted molar refractivity (Wildman–Crippen MR) is 53.8 cm³/mol. The summed E-state index contributed by atoms with van der Waals surface area (Å²) in [7, 11) is 0.